The minimum absolute atomic E-state index is 0.0394. The molecule has 9 heteroatoms. The first-order valence-corrected chi connectivity index (χ1v) is 7.12. The molecule has 0 aliphatic carbocycles. The summed E-state index contributed by atoms with van der Waals surface area (Å²) in [6, 6.07) is 7.64. The number of nitrogens with one attached hydrogen (secondary N) is 1. The molecule has 0 bridgehead atoms. The molecule has 2 aromatic heterocycles. The molecule has 0 aliphatic rings. The van der Waals surface area contributed by atoms with Gasteiger partial charge in [0.25, 0.3) is 5.69 Å². The molecule has 126 valence electrons. The summed E-state index contributed by atoms with van der Waals surface area (Å²) in [6.45, 7) is 1.74. The van der Waals surface area contributed by atoms with E-state index in [1.807, 2.05) is 0 Å². The number of ketones is 1. The Bertz CT molecular complexity index is 1020. The monoisotopic (exact) mass is 340 g/mol. The molecule has 0 saturated carbocycles. The fourth-order valence-electron chi connectivity index (χ4n) is 2.37. The number of carbonyl (C=O) groups is 2. The van der Waals surface area contributed by atoms with Gasteiger partial charge in [0.05, 0.1) is 10.3 Å². The average molecular weight is 340 g/mol. The molecule has 2 heterocycles. The van der Waals surface area contributed by atoms with Crippen LogP contribution in [0, 0.1) is 17.0 Å². The summed E-state index contributed by atoms with van der Waals surface area (Å²) in [4.78, 5) is 38.5. The van der Waals surface area contributed by atoms with Crippen molar-refractivity contribution in [3.63, 3.8) is 0 Å². The number of furan rings is 1. The molecule has 3 N–H and O–H groups in total. The predicted molar refractivity (Wildman–Crippen MR) is 88.5 cm³/mol. The molecule has 0 radical (unpaired) electrons. The number of nitrogens with two attached hydrogens (primary N) is 1. The van der Waals surface area contributed by atoms with Gasteiger partial charge in [-0.15, -0.1) is 0 Å². The van der Waals surface area contributed by atoms with Crippen LogP contribution in [0.4, 0.5) is 16.2 Å². The summed E-state index contributed by atoms with van der Waals surface area (Å²) in [6.07, 6.45) is 0. The lowest BCUT2D eigenvalue weighted by molar-refractivity contribution is -0.384. The van der Waals surface area contributed by atoms with Crippen molar-refractivity contribution in [1.29, 1.82) is 0 Å². The number of nitro groups is 1. The van der Waals surface area contributed by atoms with Crippen LogP contribution in [-0.4, -0.2) is 21.7 Å². The summed E-state index contributed by atoms with van der Waals surface area (Å²) >= 11 is 0. The van der Waals surface area contributed by atoms with Gasteiger partial charge >= 0.3 is 6.03 Å². The normalized spacial score (nSPS) is 10.6. The van der Waals surface area contributed by atoms with Gasteiger partial charge in [0, 0.05) is 23.4 Å². The third-order valence-corrected chi connectivity index (χ3v) is 3.47. The SMILES string of the molecule is Cc1ccc2c(NC(N)=O)c(C(=O)c3cccc([N+](=O)[O-])c3)oc2n1. The summed E-state index contributed by atoms with van der Waals surface area (Å²) in [5.74, 6) is -0.837. The van der Waals surface area contributed by atoms with E-state index >= 15 is 0 Å². The maximum Gasteiger partial charge on any atom is 0.316 e. The molecule has 3 aromatic rings. The van der Waals surface area contributed by atoms with Gasteiger partial charge in [-0.05, 0) is 19.1 Å². The number of rotatable bonds is 4. The van der Waals surface area contributed by atoms with E-state index in [2.05, 4.69) is 10.3 Å². The number of primary amides is 1. The number of benzene rings is 1. The van der Waals surface area contributed by atoms with Gasteiger partial charge < -0.3 is 15.5 Å². The topological polar surface area (TPSA) is 141 Å². The molecule has 3 rings (SSSR count). The molecule has 0 saturated heterocycles. The first-order chi connectivity index (χ1) is 11.9. The number of pyridine rings is 1. The van der Waals surface area contributed by atoms with Gasteiger partial charge in [0.1, 0.15) is 5.69 Å². The third kappa shape index (κ3) is 3.02. The van der Waals surface area contributed by atoms with Crippen molar-refractivity contribution < 1.29 is 18.9 Å². The lowest BCUT2D eigenvalue weighted by Crippen LogP contribution is -2.20. The van der Waals surface area contributed by atoms with Crippen molar-refractivity contribution in [2.24, 2.45) is 5.73 Å². The van der Waals surface area contributed by atoms with E-state index in [1.165, 1.54) is 18.2 Å². The Morgan fingerprint density at radius 3 is 2.72 bits per heavy atom. The fraction of sp³-hybridized carbons (Fsp3) is 0.0625. The molecular formula is C16H12N4O5. The quantitative estimate of drug-likeness (QED) is 0.425. The molecule has 0 atom stereocenters. The van der Waals surface area contributed by atoms with E-state index in [0.29, 0.717) is 11.1 Å². The molecule has 9 nitrogen and oxygen atoms in total. The van der Waals surface area contributed by atoms with Crippen molar-refractivity contribution >= 4 is 34.3 Å². The van der Waals surface area contributed by atoms with E-state index in [4.69, 9.17) is 10.2 Å². The number of non-ortho nitro benzene ring substituents is 1. The first-order valence-electron chi connectivity index (χ1n) is 7.12. The Hall–Kier alpha value is -3.75. The first kappa shape index (κ1) is 16.1. The molecule has 25 heavy (non-hydrogen) atoms. The highest BCUT2D eigenvalue weighted by Crippen LogP contribution is 2.32. The van der Waals surface area contributed by atoms with E-state index in [9.17, 15) is 19.7 Å². The maximum absolute atomic E-state index is 12.7. The molecule has 1 aromatic carbocycles. The summed E-state index contributed by atoms with van der Waals surface area (Å²) in [5, 5.41) is 13.6. The number of anilines is 1. The summed E-state index contributed by atoms with van der Waals surface area (Å²) < 4.78 is 5.50. The standard InChI is InChI=1S/C16H12N4O5/c1-8-5-6-11-12(19-16(17)22)14(25-15(11)18-8)13(21)9-3-2-4-10(7-9)20(23)24/h2-7H,1H3,(H3,17,19,22). The van der Waals surface area contributed by atoms with Crippen molar-refractivity contribution in [2.75, 3.05) is 5.32 Å². The number of nitro benzene ring substituents is 1. The van der Waals surface area contributed by atoms with E-state index in [0.717, 1.165) is 6.07 Å². The van der Waals surface area contributed by atoms with Crippen LogP contribution in [-0.2, 0) is 0 Å². The fourth-order valence-corrected chi connectivity index (χ4v) is 2.37. The number of aryl methyl sites for hydroxylation is 1. The van der Waals surface area contributed by atoms with Gasteiger partial charge in [0.2, 0.25) is 17.3 Å². The number of nitrogens with zero attached hydrogens (tertiary/aromatic N) is 2. The Morgan fingerprint density at radius 1 is 1.28 bits per heavy atom. The number of amides is 2. The van der Waals surface area contributed by atoms with E-state index in [-0.39, 0.29) is 28.4 Å². The van der Waals surface area contributed by atoms with Crippen LogP contribution in [0.1, 0.15) is 21.8 Å². The van der Waals surface area contributed by atoms with Crippen LogP contribution in [0.5, 0.6) is 0 Å². The second-order valence-electron chi connectivity index (χ2n) is 5.24. The molecule has 0 unspecified atom stereocenters. The predicted octanol–water partition coefficient (Wildman–Crippen LogP) is 2.77. The van der Waals surface area contributed by atoms with Crippen LogP contribution in [0.25, 0.3) is 11.1 Å². The van der Waals surface area contributed by atoms with Gasteiger partial charge in [0.15, 0.2) is 0 Å². The highest BCUT2D eigenvalue weighted by molar-refractivity contribution is 6.16. The number of carbonyl (C=O) groups excluding carboxylic acids is 2. The Morgan fingerprint density at radius 2 is 2.04 bits per heavy atom. The molecule has 0 fully saturated rings. The largest absolute Gasteiger partial charge is 0.432 e. The van der Waals surface area contributed by atoms with E-state index < -0.39 is 16.7 Å². The number of aromatic nitrogens is 1. The number of hydrogen-bond acceptors (Lipinski definition) is 6. The van der Waals surface area contributed by atoms with Gasteiger partial charge in [-0.25, -0.2) is 9.78 Å². The average Bonchev–Trinajstić information content (AvgIpc) is 2.91. The second kappa shape index (κ2) is 6.04. The third-order valence-electron chi connectivity index (χ3n) is 3.47. The van der Waals surface area contributed by atoms with Crippen molar-refractivity contribution in [1.82, 2.24) is 4.98 Å². The summed E-state index contributed by atoms with van der Waals surface area (Å²) in [7, 11) is 0. The summed E-state index contributed by atoms with van der Waals surface area (Å²) in [5.41, 5.74) is 5.85. The molecule has 0 aliphatic heterocycles. The lowest BCUT2D eigenvalue weighted by atomic mass is 10.1. The zero-order valence-corrected chi connectivity index (χ0v) is 13.0. The van der Waals surface area contributed by atoms with Gasteiger partial charge in [-0.1, -0.05) is 12.1 Å². The maximum atomic E-state index is 12.7. The molecular weight excluding hydrogens is 328 g/mol. The van der Waals surface area contributed by atoms with E-state index in [1.54, 1.807) is 19.1 Å². The lowest BCUT2D eigenvalue weighted by Gasteiger charge is -2.03. The Balaban J connectivity index is 2.16. The highest BCUT2D eigenvalue weighted by Gasteiger charge is 2.24. The second-order valence-corrected chi connectivity index (χ2v) is 5.24. The zero-order valence-electron chi connectivity index (χ0n) is 13.0. The minimum atomic E-state index is -0.878. The molecule has 0 spiro atoms. The smallest absolute Gasteiger partial charge is 0.316 e. The van der Waals surface area contributed by atoms with Crippen molar-refractivity contribution in [3.05, 3.63) is 63.5 Å². The van der Waals surface area contributed by atoms with Gasteiger partial charge in [-0.2, -0.15) is 0 Å². The number of hydrogen-bond donors (Lipinski definition) is 2. The minimum Gasteiger partial charge on any atom is -0.432 e. The zero-order chi connectivity index (χ0) is 18.1. The van der Waals surface area contributed by atoms with Crippen LogP contribution in [0.2, 0.25) is 0 Å². The van der Waals surface area contributed by atoms with Crippen LogP contribution >= 0.6 is 0 Å². The van der Waals surface area contributed by atoms with Crippen molar-refractivity contribution in [2.45, 2.75) is 6.92 Å². The van der Waals surface area contributed by atoms with Crippen LogP contribution in [0.15, 0.2) is 40.8 Å². The highest BCUT2D eigenvalue weighted by atomic mass is 16.6. The number of fused-ring (bicyclic) bond motifs is 1. The van der Waals surface area contributed by atoms with Gasteiger partial charge in [-0.3, -0.25) is 14.9 Å². The Kier molecular flexibility index (Phi) is 3.89. The van der Waals surface area contributed by atoms with Crippen molar-refractivity contribution in [3.8, 4) is 0 Å². The Labute approximate surface area is 140 Å². The number of urea groups is 1. The van der Waals surface area contributed by atoms with Crippen LogP contribution in [0.3, 0.4) is 0 Å². The van der Waals surface area contributed by atoms with Crippen LogP contribution < -0.4 is 11.1 Å². The molecule has 2 amide bonds.